The van der Waals surface area contributed by atoms with E-state index >= 15 is 0 Å². The predicted octanol–water partition coefficient (Wildman–Crippen LogP) is 4.36. The monoisotopic (exact) mass is 488 g/mol. The summed E-state index contributed by atoms with van der Waals surface area (Å²) < 4.78 is 0. The number of nitrogens with zero attached hydrogens (tertiary/aromatic N) is 1. The minimum Gasteiger partial charge on any atom is -0.465 e. The quantitative estimate of drug-likeness (QED) is 0.223. The summed E-state index contributed by atoms with van der Waals surface area (Å²) in [5.74, 6) is -0.115. The maximum Gasteiger partial charge on any atom is 0.405 e. The van der Waals surface area contributed by atoms with Crippen LogP contribution in [0.1, 0.15) is 75.2 Å². The van der Waals surface area contributed by atoms with Crippen LogP contribution in [0, 0.1) is 22.2 Å². The van der Waals surface area contributed by atoms with Gasteiger partial charge in [-0.15, -0.1) is 0 Å². The molecule has 0 aromatic rings. The van der Waals surface area contributed by atoms with E-state index in [4.69, 9.17) is 10.2 Å². The molecular weight excluding hydrogens is 440 g/mol. The molecule has 0 aliphatic heterocycles. The number of carbonyl (C=O) groups is 3. The van der Waals surface area contributed by atoms with Crippen LogP contribution in [0.3, 0.4) is 0 Å². The maximum atomic E-state index is 12.1. The number of hydrogen-bond donors (Lipinski definition) is 6. The van der Waals surface area contributed by atoms with Crippen LogP contribution < -0.4 is 16.0 Å². The van der Waals surface area contributed by atoms with Crippen LogP contribution in [0.2, 0.25) is 0 Å². The first kappa shape index (κ1) is 31.8. The third-order valence-corrected chi connectivity index (χ3v) is 6.53. The summed E-state index contributed by atoms with van der Waals surface area (Å²) in [6.07, 6.45) is -2.05. The van der Waals surface area contributed by atoms with Gasteiger partial charge in [-0.05, 0) is 42.2 Å². The van der Waals surface area contributed by atoms with Gasteiger partial charge in [-0.1, -0.05) is 62.3 Å². The molecule has 0 aliphatic carbocycles. The van der Waals surface area contributed by atoms with Gasteiger partial charge in [0.1, 0.15) is 0 Å². The van der Waals surface area contributed by atoms with E-state index in [-0.39, 0.29) is 11.3 Å². The van der Waals surface area contributed by atoms with E-state index in [0.29, 0.717) is 45.6 Å². The number of carboxylic acid groups (broad SMARTS) is 3. The predicted molar refractivity (Wildman–Crippen MR) is 133 cm³/mol. The molecule has 0 bridgehead atoms. The Labute approximate surface area is 204 Å². The number of amides is 3. The van der Waals surface area contributed by atoms with E-state index in [9.17, 15) is 19.5 Å². The van der Waals surface area contributed by atoms with E-state index in [0.717, 1.165) is 0 Å². The Balaban J connectivity index is 6.23. The Morgan fingerprint density at radius 3 is 1.35 bits per heavy atom. The van der Waals surface area contributed by atoms with Crippen molar-refractivity contribution >= 4 is 18.3 Å². The van der Waals surface area contributed by atoms with Crippen molar-refractivity contribution in [2.45, 2.75) is 80.7 Å². The van der Waals surface area contributed by atoms with Crippen molar-refractivity contribution in [3.05, 3.63) is 0 Å². The lowest BCUT2D eigenvalue weighted by molar-refractivity contribution is -0.0771. The molecule has 200 valence electrons. The second-order valence-electron chi connectivity index (χ2n) is 12.1. The molecule has 10 nitrogen and oxygen atoms in total. The van der Waals surface area contributed by atoms with Gasteiger partial charge < -0.3 is 36.2 Å². The highest BCUT2D eigenvalue weighted by atomic mass is 16.4. The molecule has 0 heterocycles. The second-order valence-corrected chi connectivity index (χ2v) is 12.1. The zero-order valence-corrected chi connectivity index (χ0v) is 22.5. The molecule has 10 heteroatoms. The zero-order valence-electron chi connectivity index (χ0n) is 22.5. The molecule has 1 unspecified atom stereocenters. The Morgan fingerprint density at radius 2 is 1.09 bits per heavy atom. The van der Waals surface area contributed by atoms with Gasteiger partial charge in [-0.25, -0.2) is 14.4 Å². The largest absolute Gasteiger partial charge is 0.465 e. The first-order valence-electron chi connectivity index (χ1n) is 11.9. The van der Waals surface area contributed by atoms with Gasteiger partial charge in [-0.2, -0.15) is 0 Å². The van der Waals surface area contributed by atoms with E-state index in [2.05, 4.69) is 83.2 Å². The van der Waals surface area contributed by atoms with Crippen LogP contribution in [0.15, 0.2) is 0 Å². The van der Waals surface area contributed by atoms with E-state index < -0.39 is 34.6 Å². The van der Waals surface area contributed by atoms with Gasteiger partial charge in [0.2, 0.25) is 0 Å². The van der Waals surface area contributed by atoms with E-state index in [1.165, 1.54) is 0 Å². The third-order valence-electron chi connectivity index (χ3n) is 6.53. The van der Waals surface area contributed by atoms with Crippen LogP contribution in [0.5, 0.6) is 0 Å². The summed E-state index contributed by atoms with van der Waals surface area (Å²) in [5.41, 5.74) is -1.94. The lowest BCUT2D eigenvalue weighted by Crippen LogP contribution is -2.72. The minimum atomic E-state index is -1.07. The van der Waals surface area contributed by atoms with Crippen LogP contribution in [0.25, 0.3) is 0 Å². The molecule has 1 atom stereocenters. The average molecular weight is 489 g/mol. The molecule has 0 radical (unpaired) electrons. The molecule has 0 aliphatic rings. The van der Waals surface area contributed by atoms with Crippen molar-refractivity contribution in [1.29, 1.82) is 0 Å². The molecule has 0 saturated heterocycles. The van der Waals surface area contributed by atoms with Gasteiger partial charge in [0.05, 0.1) is 5.54 Å². The van der Waals surface area contributed by atoms with Crippen LogP contribution in [0.4, 0.5) is 14.4 Å². The fraction of sp³-hybridized carbons (Fsp3) is 0.875. The molecular formula is C24H48N4O6. The SMILES string of the molecule is CC(C)(C)C(CN(CCCNC(=O)O)CCCNC(=O)O)C(NC(=O)O)(C(C)(C)C)C(C)(C)C. The van der Waals surface area contributed by atoms with Gasteiger partial charge in [0.15, 0.2) is 0 Å². The number of rotatable bonds is 12. The first-order valence-corrected chi connectivity index (χ1v) is 11.9. The molecule has 6 N–H and O–H groups in total. The van der Waals surface area contributed by atoms with Gasteiger partial charge >= 0.3 is 18.3 Å². The van der Waals surface area contributed by atoms with Crippen molar-refractivity contribution in [2.75, 3.05) is 32.7 Å². The van der Waals surface area contributed by atoms with Crippen molar-refractivity contribution in [1.82, 2.24) is 20.9 Å². The van der Waals surface area contributed by atoms with Crippen molar-refractivity contribution in [3.8, 4) is 0 Å². The summed E-state index contributed by atoms with van der Waals surface area (Å²) in [5, 5.41) is 35.4. The maximum absolute atomic E-state index is 12.1. The average Bonchev–Trinajstić information content (AvgIpc) is 2.60. The van der Waals surface area contributed by atoms with E-state index in [1.807, 2.05) is 0 Å². The van der Waals surface area contributed by atoms with Crippen LogP contribution in [-0.2, 0) is 0 Å². The topological polar surface area (TPSA) is 151 Å². The highest BCUT2D eigenvalue weighted by molar-refractivity contribution is 5.66. The summed E-state index contributed by atoms with van der Waals surface area (Å²) in [7, 11) is 0. The highest BCUT2D eigenvalue weighted by Gasteiger charge is 2.59. The Hall–Kier alpha value is -2.23. The molecule has 34 heavy (non-hydrogen) atoms. The molecule has 0 aromatic heterocycles. The Kier molecular flexibility index (Phi) is 11.6. The zero-order chi connectivity index (χ0) is 27.0. The molecule has 0 spiro atoms. The minimum absolute atomic E-state index is 0.115. The van der Waals surface area contributed by atoms with Crippen molar-refractivity contribution < 1.29 is 29.7 Å². The Bertz CT molecular complexity index is 640. The summed E-state index contributed by atoms with van der Waals surface area (Å²) in [4.78, 5) is 36.0. The molecule has 0 saturated carbocycles. The fourth-order valence-corrected chi connectivity index (χ4v) is 5.41. The standard InChI is InChI=1S/C24H48N4O6/c1-21(2,3)17(24(22(4,5)6,23(7,8)9)27-20(33)34)16-28(14-10-12-25-18(29)30)15-11-13-26-19(31)32/h17,25-27H,10-16H2,1-9H3,(H,29,30)(H,31,32)(H,33,34). The molecule has 0 fully saturated rings. The summed E-state index contributed by atoms with van der Waals surface area (Å²) in [6.45, 7) is 21.1. The third kappa shape index (κ3) is 9.56. The summed E-state index contributed by atoms with van der Waals surface area (Å²) >= 11 is 0. The van der Waals surface area contributed by atoms with Crippen LogP contribution >= 0.6 is 0 Å². The first-order chi connectivity index (χ1) is 15.3. The highest BCUT2D eigenvalue weighted by Crippen LogP contribution is 2.53. The number of hydrogen-bond acceptors (Lipinski definition) is 4. The fourth-order valence-electron chi connectivity index (χ4n) is 5.41. The smallest absolute Gasteiger partial charge is 0.405 e. The lowest BCUT2D eigenvalue weighted by atomic mass is 9.50. The summed E-state index contributed by atoms with van der Waals surface area (Å²) in [6, 6.07) is 0. The van der Waals surface area contributed by atoms with Crippen LogP contribution in [-0.4, -0.2) is 76.8 Å². The lowest BCUT2D eigenvalue weighted by Gasteiger charge is -2.61. The van der Waals surface area contributed by atoms with Gasteiger partial charge in [0.25, 0.3) is 0 Å². The van der Waals surface area contributed by atoms with Gasteiger partial charge in [0, 0.05) is 25.6 Å². The Morgan fingerprint density at radius 1 is 0.706 bits per heavy atom. The molecule has 3 amide bonds. The number of nitrogens with one attached hydrogen (secondary N) is 3. The van der Waals surface area contributed by atoms with E-state index in [1.54, 1.807) is 0 Å². The second kappa shape index (κ2) is 12.5. The van der Waals surface area contributed by atoms with Crippen molar-refractivity contribution in [2.24, 2.45) is 22.2 Å². The normalized spacial score (nSPS) is 13.9. The van der Waals surface area contributed by atoms with Crippen molar-refractivity contribution in [3.63, 3.8) is 0 Å². The van der Waals surface area contributed by atoms with Gasteiger partial charge in [-0.3, -0.25) is 0 Å². The molecule has 0 aromatic carbocycles. The molecule has 0 rings (SSSR count).